The Bertz CT molecular complexity index is 1270. The van der Waals surface area contributed by atoms with Crippen LogP contribution in [0, 0.1) is 0 Å². The fraction of sp³-hybridized carbons (Fsp3) is 0.0400. The van der Waals surface area contributed by atoms with Crippen LogP contribution in [0.1, 0.15) is 20.8 Å². The summed E-state index contributed by atoms with van der Waals surface area (Å²) in [7, 11) is 0. The molecule has 0 radical (unpaired) electrons. The number of nitrogens with zero attached hydrogens (tertiary/aromatic N) is 1. The third-order valence-corrected chi connectivity index (χ3v) is 4.81. The van der Waals surface area contributed by atoms with Crippen LogP contribution in [0.25, 0.3) is 22.0 Å². The first-order chi connectivity index (χ1) is 15.6. The number of aromatic nitrogens is 1. The van der Waals surface area contributed by atoms with E-state index in [1.54, 1.807) is 30.3 Å². The number of hydrogen-bond acceptors (Lipinski definition) is 4. The average molecular weight is 424 g/mol. The van der Waals surface area contributed by atoms with Gasteiger partial charge in [-0.25, -0.2) is 4.98 Å². The Labute approximate surface area is 184 Å². The maximum absolute atomic E-state index is 12.3. The normalized spacial score (nSPS) is 10.4. The lowest BCUT2D eigenvalue weighted by Crippen LogP contribution is -2.46. The molecule has 0 aliphatic heterocycles. The van der Waals surface area contributed by atoms with Crippen LogP contribution >= 0.6 is 0 Å². The summed E-state index contributed by atoms with van der Waals surface area (Å²) >= 11 is 0. The molecule has 158 valence electrons. The zero-order chi connectivity index (χ0) is 22.3. The molecule has 0 saturated heterocycles. The molecule has 0 atom stereocenters. The monoisotopic (exact) mass is 424 g/mol. The zero-order valence-electron chi connectivity index (χ0n) is 17.0. The summed E-state index contributed by atoms with van der Waals surface area (Å²) in [4.78, 5) is 40.8. The molecule has 0 aliphatic carbocycles. The SMILES string of the molecule is O=C(CNC(=O)c1ccc(-c2ccccc2)cc1)NNC(=O)c1ccc2ccccc2n1. The predicted molar refractivity (Wildman–Crippen MR) is 122 cm³/mol. The Balaban J connectivity index is 1.27. The van der Waals surface area contributed by atoms with Crippen molar-refractivity contribution in [3.05, 3.63) is 102 Å². The maximum atomic E-state index is 12.3. The third-order valence-electron chi connectivity index (χ3n) is 4.81. The number of carbonyl (C=O) groups is 3. The molecule has 4 rings (SSSR count). The molecule has 1 aromatic heterocycles. The minimum absolute atomic E-state index is 0.173. The van der Waals surface area contributed by atoms with Crippen molar-refractivity contribution < 1.29 is 14.4 Å². The van der Waals surface area contributed by atoms with Crippen molar-refractivity contribution in [3.63, 3.8) is 0 Å². The summed E-state index contributed by atoms with van der Waals surface area (Å²) in [6.45, 7) is -0.287. The number of pyridine rings is 1. The minimum atomic E-state index is -0.562. The fourth-order valence-electron chi connectivity index (χ4n) is 3.13. The van der Waals surface area contributed by atoms with Crippen LogP contribution in [-0.2, 0) is 4.79 Å². The van der Waals surface area contributed by atoms with Crippen LogP contribution in [0.15, 0.2) is 91.0 Å². The summed E-state index contributed by atoms with van der Waals surface area (Å²) in [6.07, 6.45) is 0. The minimum Gasteiger partial charge on any atom is -0.343 e. The highest BCUT2D eigenvalue weighted by atomic mass is 16.2. The second kappa shape index (κ2) is 9.53. The molecular weight excluding hydrogens is 404 g/mol. The van der Waals surface area contributed by atoms with E-state index in [1.165, 1.54) is 0 Å². The van der Waals surface area contributed by atoms with Gasteiger partial charge >= 0.3 is 0 Å². The number of carbonyl (C=O) groups excluding carboxylic acids is 3. The van der Waals surface area contributed by atoms with Crippen LogP contribution in [-0.4, -0.2) is 29.3 Å². The van der Waals surface area contributed by atoms with Crippen LogP contribution in [0.4, 0.5) is 0 Å². The van der Waals surface area contributed by atoms with Crippen molar-refractivity contribution in [1.29, 1.82) is 0 Å². The van der Waals surface area contributed by atoms with Gasteiger partial charge in [-0.2, -0.15) is 0 Å². The van der Waals surface area contributed by atoms with E-state index in [9.17, 15) is 14.4 Å². The van der Waals surface area contributed by atoms with Gasteiger partial charge in [0.05, 0.1) is 12.1 Å². The largest absolute Gasteiger partial charge is 0.343 e. The van der Waals surface area contributed by atoms with Crippen LogP contribution < -0.4 is 16.2 Å². The van der Waals surface area contributed by atoms with Gasteiger partial charge in [0.1, 0.15) is 5.69 Å². The third kappa shape index (κ3) is 4.96. The van der Waals surface area contributed by atoms with E-state index >= 15 is 0 Å². The van der Waals surface area contributed by atoms with Gasteiger partial charge in [0, 0.05) is 10.9 Å². The highest BCUT2D eigenvalue weighted by molar-refractivity contribution is 5.98. The number of rotatable bonds is 5. The van der Waals surface area contributed by atoms with Crippen molar-refractivity contribution in [3.8, 4) is 11.1 Å². The number of benzene rings is 3. The quantitative estimate of drug-likeness (QED) is 0.429. The standard InChI is InChI=1S/C25H20N4O3/c30-23(28-29-25(32)22-15-14-19-8-4-5-9-21(19)27-22)16-26-24(31)20-12-10-18(11-13-20)17-6-2-1-3-7-17/h1-15H,16H2,(H,26,31)(H,28,30)(H,29,32). The van der Waals surface area contributed by atoms with Gasteiger partial charge in [0.15, 0.2) is 0 Å². The predicted octanol–water partition coefficient (Wildman–Crippen LogP) is 3.09. The molecule has 3 aromatic carbocycles. The summed E-state index contributed by atoms with van der Waals surface area (Å²) in [5, 5.41) is 3.44. The Morgan fingerprint density at radius 2 is 1.34 bits per heavy atom. The molecule has 0 saturated carbocycles. The van der Waals surface area contributed by atoms with Crippen molar-refractivity contribution in [2.24, 2.45) is 0 Å². The van der Waals surface area contributed by atoms with Crippen molar-refractivity contribution >= 4 is 28.6 Å². The molecule has 7 nitrogen and oxygen atoms in total. The topological polar surface area (TPSA) is 100 Å². The summed E-state index contributed by atoms with van der Waals surface area (Å²) < 4.78 is 0. The highest BCUT2D eigenvalue weighted by Crippen LogP contribution is 2.19. The van der Waals surface area contributed by atoms with Gasteiger partial charge in [-0.05, 0) is 35.4 Å². The summed E-state index contributed by atoms with van der Waals surface area (Å²) in [6, 6.07) is 27.7. The average Bonchev–Trinajstić information content (AvgIpc) is 2.86. The Morgan fingerprint density at radius 1 is 0.656 bits per heavy atom. The van der Waals surface area contributed by atoms with Crippen molar-refractivity contribution in [2.75, 3.05) is 6.54 Å². The second-order valence-corrected chi connectivity index (χ2v) is 7.02. The second-order valence-electron chi connectivity index (χ2n) is 7.02. The van der Waals surface area contributed by atoms with Crippen molar-refractivity contribution in [2.45, 2.75) is 0 Å². The van der Waals surface area contributed by atoms with Crippen LogP contribution in [0.2, 0.25) is 0 Å². The number of amides is 3. The number of hydrazine groups is 1. The van der Waals surface area contributed by atoms with Gasteiger partial charge in [0.25, 0.3) is 17.7 Å². The first kappa shape index (κ1) is 20.7. The number of para-hydroxylation sites is 1. The Morgan fingerprint density at radius 3 is 2.12 bits per heavy atom. The summed E-state index contributed by atoms with van der Waals surface area (Å²) in [5.74, 6) is -1.50. The Hall–Kier alpha value is -4.52. The molecule has 3 N–H and O–H groups in total. The van der Waals surface area contributed by atoms with Gasteiger partial charge < -0.3 is 5.32 Å². The van der Waals surface area contributed by atoms with Gasteiger partial charge in [-0.1, -0.05) is 66.7 Å². The number of nitrogens with one attached hydrogen (secondary N) is 3. The van der Waals surface area contributed by atoms with E-state index in [4.69, 9.17) is 0 Å². The summed E-state index contributed by atoms with van der Waals surface area (Å²) in [5.41, 5.74) is 7.90. The van der Waals surface area contributed by atoms with Crippen molar-refractivity contribution in [1.82, 2.24) is 21.2 Å². The highest BCUT2D eigenvalue weighted by Gasteiger charge is 2.11. The molecule has 0 spiro atoms. The molecular formula is C25H20N4O3. The smallest absolute Gasteiger partial charge is 0.288 e. The molecule has 7 heteroatoms. The van der Waals surface area contributed by atoms with E-state index in [0.717, 1.165) is 16.5 Å². The molecule has 3 amide bonds. The zero-order valence-corrected chi connectivity index (χ0v) is 17.0. The number of hydrogen-bond donors (Lipinski definition) is 3. The lowest BCUT2D eigenvalue weighted by Gasteiger charge is -2.09. The lowest BCUT2D eigenvalue weighted by molar-refractivity contribution is -0.120. The molecule has 0 aliphatic rings. The van der Waals surface area contributed by atoms with E-state index in [1.807, 2.05) is 60.7 Å². The first-order valence-corrected chi connectivity index (χ1v) is 9.99. The van der Waals surface area contributed by atoms with Gasteiger partial charge in [-0.15, -0.1) is 0 Å². The molecule has 0 fully saturated rings. The Kier molecular flexibility index (Phi) is 6.17. The molecule has 0 unspecified atom stereocenters. The molecule has 4 aromatic rings. The lowest BCUT2D eigenvalue weighted by atomic mass is 10.0. The number of fused-ring (bicyclic) bond motifs is 1. The maximum Gasteiger partial charge on any atom is 0.288 e. The van der Waals surface area contributed by atoms with Crippen LogP contribution in [0.3, 0.4) is 0 Å². The molecule has 0 bridgehead atoms. The van der Waals surface area contributed by atoms with E-state index in [-0.39, 0.29) is 18.1 Å². The molecule has 32 heavy (non-hydrogen) atoms. The molecule has 1 heterocycles. The van der Waals surface area contributed by atoms with Gasteiger partial charge in [0.2, 0.25) is 0 Å². The fourth-order valence-corrected chi connectivity index (χ4v) is 3.13. The first-order valence-electron chi connectivity index (χ1n) is 9.99. The van der Waals surface area contributed by atoms with E-state index < -0.39 is 11.8 Å². The van der Waals surface area contributed by atoms with E-state index in [0.29, 0.717) is 11.1 Å². The van der Waals surface area contributed by atoms with Crippen LogP contribution in [0.5, 0.6) is 0 Å². The van der Waals surface area contributed by atoms with Gasteiger partial charge in [-0.3, -0.25) is 25.2 Å². The van der Waals surface area contributed by atoms with E-state index in [2.05, 4.69) is 21.2 Å².